The van der Waals surface area contributed by atoms with E-state index in [1.54, 1.807) is 0 Å². The van der Waals surface area contributed by atoms with Crippen LogP contribution in [-0.4, -0.2) is 33.6 Å². The molecule has 0 atom stereocenters. The molecule has 0 aliphatic heterocycles. The molecule has 1 aromatic carbocycles. The van der Waals surface area contributed by atoms with Crippen molar-refractivity contribution in [1.29, 1.82) is 0 Å². The van der Waals surface area contributed by atoms with Crippen molar-refractivity contribution in [2.75, 3.05) is 18.1 Å². The number of aromatic nitrogens is 1. The van der Waals surface area contributed by atoms with Crippen LogP contribution >= 0.6 is 11.8 Å². The van der Waals surface area contributed by atoms with Crippen molar-refractivity contribution in [3.05, 3.63) is 52.3 Å². The number of hydrogen-bond acceptors (Lipinski definition) is 3. The van der Waals surface area contributed by atoms with E-state index in [0.717, 1.165) is 22.6 Å². The Hall–Kier alpha value is -1.52. The second kappa shape index (κ2) is 7.16. The van der Waals surface area contributed by atoms with Crippen LogP contribution in [0, 0.1) is 27.7 Å². The topological polar surface area (TPSA) is 42.2 Å². The molecule has 0 amide bonds. The Balaban J connectivity index is 2.34. The van der Waals surface area contributed by atoms with Crippen LogP contribution in [-0.2, 0) is 0 Å². The molecule has 118 valence electrons. The number of aryl methyl sites for hydroxylation is 3. The number of nitrogens with zero attached hydrogens (tertiary/aromatic N) is 1. The highest BCUT2D eigenvalue weighted by Gasteiger charge is 2.16. The third-order valence-electron chi connectivity index (χ3n) is 3.95. The Morgan fingerprint density at radius 3 is 2.50 bits per heavy atom. The van der Waals surface area contributed by atoms with Crippen LogP contribution in [0.1, 0.15) is 32.9 Å². The van der Waals surface area contributed by atoms with Gasteiger partial charge in [0.1, 0.15) is 0 Å². The zero-order chi connectivity index (χ0) is 16.3. The summed E-state index contributed by atoms with van der Waals surface area (Å²) in [7, 11) is 0. The third kappa shape index (κ3) is 3.45. The summed E-state index contributed by atoms with van der Waals surface area (Å²) in [6.07, 6.45) is 0. The number of Topliss-reactive ketones (excluding diaryl/α,β-unsaturated/α-hetero) is 1. The van der Waals surface area contributed by atoms with Crippen molar-refractivity contribution >= 4 is 17.5 Å². The minimum atomic E-state index is 0.111. The number of aliphatic hydroxyl groups excluding tert-OH is 1. The largest absolute Gasteiger partial charge is 0.396 e. The van der Waals surface area contributed by atoms with E-state index in [9.17, 15) is 4.79 Å². The molecule has 3 nitrogen and oxygen atoms in total. The van der Waals surface area contributed by atoms with Gasteiger partial charge in [-0.2, -0.15) is 11.8 Å². The fourth-order valence-electron chi connectivity index (χ4n) is 2.61. The molecule has 22 heavy (non-hydrogen) atoms. The molecule has 0 saturated heterocycles. The van der Waals surface area contributed by atoms with E-state index in [-0.39, 0.29) is 12.4 Å². The monoisotopic (exact) mass is 317 g/mol. The number of hydrogen-bond donors (Lipinski definition) is 1. The van der Waals surface area contributed by atoms with Crippen LogP contribution in [0.2, 0.25) is 0 Å². The zero-order valence-corrected chi connectivity index (χ0v) is 14.5. The molecule has 0 aliphatic rings. The summed E-state index contributed by atoms with van der Waals surface area (Å²) in [6.45, 7) is 8.33. The van der Waals surface area contributed by atoms with Crippen LogP contribution < -0.4 is 0 Å². The molecule has 0 unspecified atom stereocenters. The van der Waals surface area contributed by atoms with E-state index in [1.807, 2.05) is 19.9 Å². The second-order valence-corrected chi connectivity index (χ2v) is 6.69. The smallest absolute Gasteiger partial charge is 0.174 e. The molecule has 0 aliphatic carbocycles. The Bertz CT molecular complexity index is 689. The summed E-state index contributed by atoms with van der Waals surface area (Å²) >= 11 is 1.47. The van der Waals surface area contributed by atoms with E-state index in [2.05, 4.69) is 36.6 Å². The van der Waals surface area contributed by atoms with Gasteiger partial charge in [0.15, 0.2) is 5.78 Å². The standard InChI is InChI=1S/C18H23NO2S/c1-12-5-6-16(9-13(12)2)19-14(3)10-17(15(19)4)18(21)11-22-8-7-20/h5-6,9-10,20H,7-8,11H2,1-4H3. The Morgan fingerprint density at radius 1 is 1.14 bits per heavy atom. The number of carbonyl (C=O) groups excluding carboxylic acids is 1. The summed E-state index contributed by atoms with van der Waals surface area (Å²) in [5.41, 5.74) is 6.44. The Morgan fingerprint density at radius 2 is 1.86 bits per heavy atom. The normalized spacial score (nSPS) is 11.0. The van der Waals surface area contributed by atoms with E-state index in [0.29, 0.717) is 11.5 Å². The van der Waals surface area contributed by atoms with Gasteiger partial charge >= 0.3 is 0 Å². The van der Waals surface area contributed by atoms with Crippen LogP contribution in [0.4, 0.5) is 0 Å². The number of thioether (sulfide) groups is 1. The lowest BCUT2D eigenvalue weighted by atomic mass is 10.1. The maximum Gasteiger partial charge on any atom is 0.174 e. The summed E-state index contributed by atoms with van der Waals surface area (Å²) in [6, 6.07) is 8.33. The van der Waals surface area contributed by atoms with Gasteiger partial charge in [-0.25, -0.2) is 0 Å². The molecular weight excluding hydrogens is 294 g/mol. The van der Waals surface area contributed by atoms with Gasteiger partial charge in [0, 0.05) is 28.4 Å². The Kier molecular flexibility index (Phi) is 5.48. The van der Waals surface area contributed by atoms with Gasteiger partial charge in [0.05, 0.1) is 12.4 Å². The quantitative estimate of drug-likeness (QED) is 0.653. The van der Waals surface area contributed by atoms with Gasteiger partial charge in [-0.1, -0.05) is 6.07 Å². The molecule has 1 aromatic heterocycles. The first-order chi connectivity index (χ1) is 10.5. The number of ketones is 1. The fraction of sp³-hybridized carbons (Fsp3) is 0.389. The van der Waals surface area contributed by atoms with Gasteiger partial charge in [0.2, 0.25) is 0 Å². The molecule has 0 saturated carbocycles. The van der Waals surface area contributed by atoms with Crippen LogP contribution in [0.15, 0.2) is 24.3 Å². The van der Waals surface area contributed by atoms with Crippen molar-refractivity contribution in [2.24, 2.45) is 0 Å². The first-order valence-corrected chi connectivity index (χ1v) is 8.59. The van der Waals surface area contributed by atoms with Crippen molar-refractivity contribution in [2.45, 2.75) is 27.7 Å². The third-order valence-corrected chi connectivity index (χ3v) is 4.89. The lowest BCUT2D eigenvalue weighted by molar-refractivity contribution is 0.102. The number of benzene rings is 1. The van der Waals surface area contributed by atoms with Gasteiger partial charge in [-0.3, -0.25) is 4.79 Å². The van der Waals surface area contributed by atoms with Crippen molar-refractivity contribution < 1.29 is 9.90 Å². The molecule has 1 N–H and O–H groups in total. The van der Waals surface area contributed by atoms with E-state index >= 15 is 0 Å². The van der Waals surface area contributed by atoms with Crippen LogP contribution in [0.3, 0.4) is 0 Å². The van der Waals surface area contributed by atoms with Gasteiger partial charge in [0.25, 0.3) is 0 Å². The molecular formula is C18H23NO2S. The predicted molar refractivity (Wildman–Crippen MR) is 93.5 cm³/mol. The number of rotatable bonds is 6. The van der Waals surface area contributed by atoms with Gasteiger partial charge in [-0.15, -0.1) is 0 Å². The van der Waals surface area contributed by atoms with Crippen molar-refractivity contribution in [3.8, 4) is 5.69 Å². The number of carbonyl (C=O) groups is 1. The molecule has 0 radical (unpaired) electrons. The van der Waals surface area contributed by atoms with E-state index in [4.69, 9.17) is 5.11 Å². The minimum Gasteiger partial charge on any atom is -0.396 e. The van der Waals surface area contributed by atoms with Crippen molar-refractivity contribution in [1.82, 2.24) is 4.57 Å². The summed E-state index contributed by atoms with van der Waals surface area (Å²) in [5, 5.41) is 8.81. The average molecular weight is 317 g/mol. The molecule has 2 rings (SSSR count). The lowest BCUT2D eigenvalue weighted by Gasteiger charge is -2.12. The lowest BCUT2D eigenvalue weighted by Crippen LogP contribution is -2.06. The molecule has 0 spiro atoms. The van der Waals surface area contributed by atoms with Gasteiger partial charge in [-0.05, 0) is 57.0 Å². The summed E-state index contributed by atoms with van der Waals surface area (Å²) in [5.74, 6) is 1.14. The Labute approximate surface area is 136 Å². The molecule has 2 aromatic rings. The molecule has 4 heteroatoms. The fourth-order valence-corrected chi connectivity index (χ4v) is 3.23. The van der Waals surface area contributed by atoms with E-state index in [1.165, 1.54) is 22.9 Å². The van der Waals surface area contributed by atoms with Crippen LogP contribution in [0.5, 0.6) is 0 Å². The zero-order valence-electron chi connectivity index (χ0n) is 13.6. The van der Waals surface area contributed by atoms with Crippen molar-refractivity contribution in [3.63, 3.8) is 0 Å². The maximum absolute atomic E-state index is 12.3. The molecule has 0 bridgehead atoms. The highest BCUT2D eigenvalue weighted by molar-refractivity contribution is 8.00. The molecule has 1 heterocycles. The maximum atomic E-state index is 12.3. The first kappa shape index (κ1) is 16.8. The van der Waals surface area contributed by atoms with E-state index < -0.39 is 0 Å². The molecule has 0 fully saturated rings. The highest BCUT2D eigenvalue weighted by Crippen LogP contribution is 2.23. The average Bonchev–Trinajstić information content (AvgIpc) is 2.77. The number of aliphatic hydroxyl groups is 1. The minimum absolute atomic E-state index is 0.111. The SMILES string of the molecule is Cc1ccc(-n2c(C)cc(C(=O)CSCCO)c2C)cc1C. The summed E-state index contributed by atoms with van der Waals surface area (Å²) < 4.78 is 2.14. The summed E-state index contributed by atoms with van der Waals surface area (Å²) in [4.78, 5) is 12.3. The predicted octanol–water partition coefficient (Wildman–Crippen LogP) is 3.62. The van der Waals surface area contributed by atoms with Crippen LogP contribution in [0.25, 0.3) is 5.69 Å². The second-order valence-electron chi connectivity index (χ2n) is 5.59. The first-order valence-electron chi connectivity index (χ1n) is 7.44. The highest BCUT2D eigenvalue weighted by atomic mass is 32.2. The van der Waals surface area contributed by atoms with Gasteiger partial charge < -0.3 is 9.67 Å².